The number of aliphatic hydroxyl groups excluding tert-OH is 2. The van der Waals surface area contributed by atoms with Gasteiger partial charge in [-0.15, -0.1) is 0 Å². The number of imidazole rings is 1. The second kappa shape index (κ2) is 25.5. The van der Waals surface area contributed by atoms with E-state index in [1.807, 2.05) is 6.92 Å². The Morgan fingerprint density at radius 1 is 1.05 bits per heavy atom. The Morgan fingerprint density at radius 2 is 1.72 bits per heavy atom. The Morgan fingerprint density at radius 3 is 2.36 bits per heavy atom. The van der Waals surface area contributed by atoms with Crippen molar-refractivity contribution in [3.05, 3.63) is 12.7 Å². The molecule has 0 radical (unpaired) electrons. The van der Waals surface area contributed by atoms with Crippen molar-refractivity contribution in [1.82, 2.24) is 30.2 Å². The van der Waals surface area contributed by atoms with Crippen LogP contribution in [0.2, 0.25) is 0 Å². The normalized spacial score (nSPS) is 20.7. The minimum atomic E-state index is -5.83. The maximum atomic E-state index is 12.6. The third-order valence-corrected chi connectivity index (χ3v) is 11.7. The first-order valence-corrected chi connectivity index (χ1v) is 22.0. The Balaban J connectivity index is 0.0000108. The first-order chi connectivity index (χ1) is 25.6. The van der Waals surface area contributed by atoms with Crippen LogP contribution in [0.3, 0.4) is 0 Å². The second-order valence-electron chi connectivity index (χ2n) is 12.7. The van der Waals surface area contributed by atoms with Crippen molar-refractivity contribution in [3.63, 3.8) is 0 Å². The summed E-state index contributed by atoms with van der Waals surface area (Å²) in [6.45, 7) is 2.32. The third-order valence-electron chi connectivity index (χ3n) is 7.73. The number of carbonyl (C=O) groups is 3. The number of aliphatic hydroxyl groups is 2. The van der Waals surface area contributed by atoms with Crippen molar-refractivity contribution in [2.24, 2.45) is 5.41 Å². The molecule has 1 saturated heterocycles. The van der Waals surface area contributed by atoms with Crippen LogP contribution in [0.5, 0.6) is 0 Å². The quantitative estimate of drug-likeness (QED) is 0.0343. The Hall–Kier alpha value is -0.648. The van der Waals surface area contributed by atoms with Gasteiger partial charge in [-0.05, 0) is 6.42 Å². The SMILES string of the molecule is CCCCCC(=O)SCCNC(=O)CCNC(=O)[C@H](O)C(C)(C)COP(=O)([O-])OP(=O)(O)OC[C@H]1O[C@@H](n2cnc3c(N)ncnc32)[C@H](O)[C@@H]1OP(=O)([O-])[O-].[Li+].[Li+].[Li+]. The average Bonchev–Trinajstić information content (AvgIpc) is 3.64. The van der Waals surface area contributed by atoms with Crippen LogP contribution in [-0.4, -0.2) is 108 Å². The maximum Gasteiger partial charge on any atom is 1.00 e. The molecule has 1 aliphatic heterocycles. The van der Waals surface area contributed by atoms with Gasteiger partial charge in [-0.25, -0.2) is 23.8 Å². The van der Waals surface area contributed by atoms with Crippen LogP contribution in [0.25, 0.3) is 11.2 Å². The van der Waals surface area contributed by atoms with Crippen molar-refractivity contribution in [2.75, 3.05) is 37.8 Å². The fraction of sp³-hybridized carbons (Fsp3) is 0.704. The molecule has 24 nitrogen and oxygen atoms in total. The topological polar surface area (TPSA) is 372 Å². The number of unbranched alkanes of at least 4 members (excludes halogenated alkanes) is 2. The molecular formula is C27H43Li3N7O17P3S. The van der Waals surface area contributed by atoms with Crippen LogP contribution in [0.15, 0.2) is 12.7 Å². The molecule has 0 aromatic carbocycles. The van der Waals surface area contributed by atoms with Gasteiger partial charge in [0.05, 0.1) is 27.4 Å². The molecule has 0 spiro atoms. The molecule has 2 aromatic rings. The van der Waals surface area contributed by atoms with Gasteiger partial charge in [0.2, 0.25) is 11.8 Å². The van der Waals surface area contributed by atoms with Gasteiger partial charge in [-0.1, -0.05) is 45.4 Å². The molecule has 312 valence electrons. The summed E-state index contributed by atoms with van der Waals surface area (Å²) in [7, 11) is -17.2. The molecular weight excluding hydrogens is 840 g/mol. The van der Waals surface area contributed by atoms with Gasteiger partial charge in [0, 0.05) is 37.1 Å². The minimum absolute atomic E-state index is 0. The van der Waals surface area contributed by atoms with Crippen LogP contribution >= 0.6 is 35.2 Å². The van der Waals surface area contributed by atoms with E-state index in [1.165, 1.54) is 13.8 Å². The summed E-state index contributed by atoms with van der Waals surface area (Å²) < 4.78 is 60.9. The summed E-state index contributed by atoms with van der Waals surface area (Å²) in [6.07, 6.45) is -4.18. The largest absolute Gasteiger partial charge is 1.00 e. The zero-order valence-corrected chi connectivity index (χ0v) is 36.3. The predicted octanol–water partition coefficient (Wildman–Crippen LogP) is -10.6. The van der Waals surface area contributed by atoms with E-state index in [0.29, 0.717) is 12.2 Å². The monoisotopic (exact) mass is 883 g/mol. The van der Waals surface area contributed by atoms with Gasteiger partial charge >= 0.3 is 64.4 Å². The predicted molar refractivity (Wildman–Crippen MR) is 185 cm³/mol. The maximum absolute atomic E-state index is 12.6. The number of nitrogen functional groups attached to an aromatic ring is 1. The number of nitrogens with zero attached hydrogens (tertiary/aromatic N) is 4. The Labute approximate surface area is 373 Å². The molecule has 7 atom stereocenters. The number of ether oxygens (including phenoxy) is 1. The summed E-state index contributed by atoms with van der Waals surface area (Å²) in [5.74, 6) is -1.12. The number of phosphoric acid groups is 3. The van der Waals surface area contributed by atoms with Crippen LogP contribution in [0.1, 0.15) is 59.1 Å². The van der Waals surface area contributed by atoms with Crippen LogP contribution in [0, 0.1) is 5.41 Å². The molecule has 3 heterocycles. The van der Waals surface area contributed by atoms with E-state index >= 15 is 0 Å². The fourth-order valence-electron chi connectivity index (χ4n) is 4.87. The summed E-state index contributed by atoms with van der Waals surface area (Å²) in [4.78, 5) is 93.5. The minimum Gasteiger partial charge on any atom is -0.790 e. The summed E-state index contributed by atoms with van der Waals surface area (Å²) in [5.41, 5.74) is 4.13. The fourth-order valence-corrected chi connectivity index (χ4v) is 8.36. The smallest absolute Gasteiger partial charge is 0.790 e. The summed E-state index contributed by atoms with van der Waals surface area (Å²) >= 11 is 1.11. The van der Waals surface area contributed by atoms with Crippen molar-refractivity contribution in [1.29, 1.82) is 0 Å². The molecule has 3 rings (SSSR count). The number of fused-ring (bicyclic) bond motifs is 1. The van der Waals surface area contributed by atoms with Crippen molar-refractivity contribution in [3.8, 4) is 0 Å². The number of thioether (sulfide) groups is 1. The number of hydrogen-bond acceptors (Lipinski definition) is 21. The van der Waals surface area contributed by atoms with Crippen molar-refractivity contribution >= 4 is 69.1 Å². The van der Waals surface area contributed by atoms with Gasteiger partial charge < -0.3 is 64.5 Å². The molecule has 2 amide bonds. The number of nitrogens with one attached hydrogen (secondary N) is 2. The second-order valence-corrected chi connectivity index (χ2v) is 17.9. The number of rotatable bonds is 23. The Bertz CT molecular complexity index is 1800. The molecule has 2 unspecified atom stereocenters. The van der Waals surface area contributed by atoms with Crippen LogP contribution in [0.4, 0.5) is 5.82 Å². The van der Waals surface area contributed by atoms with E-state index < -0.39 is 84.6 Å². The number of carbonyl (C=O) groups excluding carboxylic acids is 3. The number of anilines is 1. The van der Waals surface area contributed by atoms with Crippen LogP contribution in [-0.2, 0) is 50.7 Å². The zero-order valence-electron chi connectivity index (χ0n) is 32.8. The molecule has 2 aromatic heterocycles. The number of aromatic nitrogens is 4. The molecule has 0 saturated carbocycles. The van der Waals surface area contributed by atoms with Crippen LogP contribution < -0.4 is 87.6 Å². The van der Waals surface area contributed by atoms with E-state index in [2.05, 4.69) is 43.5 Å². The summed E-state index contributed by atoms with van der Waals surface area (Å²) in [6, 6.07) is 0. The number of phosphoric ester groups is 3. The molecule has 1 aliphatic rings. The van der Waals surface area contributed by atoms with Gasteiger partial charge in [-0.3, -0.25) is 28.0 Å². The van der Waals surface area contributed by atoms with Crippen molar-refractivity contribution < 1.29 is 137 Å². The molecule has 7 N–H and O–H groups in total. The van der Waals surface area contributed by atoms with Gasteiger partial charge in [-0.2, -0.15) is 0 Å². The van der Waals surface area contributed by atoms with E-state index in [0.717, 1.165) is 48.2 Å². The average molecular weight is 883 g/mol. The van der Waals surface area contributed by atoms with E-state index in [1.54, 1.807) is 0 Å². The standard InChI is InChI=1S/C27H46N7O17P3S.3Li/c1-4-5-6-7-18(36)55-11-10-29-17(35)8-9-30-25(39)22(38)27(2,3)13-48-54(45,46)51-53(43,44)47-12-16-21(50-52(40,41)42)20(37)26(49-16)34-15-33-19-23(28)31-14-32-24(19)34;;;/h14-16,20-22,26,37-38H,4-13H2,1-3H3,(H,29,35)(H,30,39)(H,43,44)(H,45,46)(H2,28,31,32)(H2,40,41,42);;;/q;3*+1/p-3/t16-,20-,21-,22+,26-;;;/m1.../s1. The molecule has 1 fully saturated rings. The number of amides is 2. The van der Waals surface area contributed by atoms with Gasteiger partial charge in [0.25, 0.3) is 7.82 Å². The van der Waals surface area contributed by atoms with Crippen molar-refractivity contribution in [2.45, 2.75) is 83.5 Å². The van der Waals surface area contributed by atoms with Gasteiger partial charge in [0.15, 0.2) is 22.8 Å². The third kappa shape index (κ3) is 18.4. The number of nitrogens with two attached hydrogens (primary N) is 1. The van der Waals surface area contributed by atoms with Gasteiger partial charge in [0.1, 0.15) is 36.3 Å². The van der Waals surface area contributed by atoms with E-state index in [4.69, 9.17) is 10.5 Å². The molecule has 0 bridgehead atoms. The number of hydrogen-bond donors (Lipinski definition) is 6. The Kier molecular flexibility index (Phi) is 25.2. The zero-order chi connectivity index (χ0) is 41.2. The summed E-state index contributed by atoms with van der Waals surface area (Å²) in [5, 5.41) is 26.3. The first kappa shape index (κ1) is 57.4. The first-order valence-electron chi connectivity index (χ1n) is 16.5. The molecule has 31 heteroatoms. The molecule has 0 aliphatic carbocycles. The molecule has 58 heavy (non-hydrogen) atoms. The van der Waals surface area contributed by atoms with E-state index in [9.17, 15) is 57.9 Å². The van der Waals surface area contributed by atoms with E-state index in [-0.39, 0.29) is 98.2 Å².